The Bertz CT molecular complexity index is 1170. The zero-order chi connectivity index (χ0) is 21.3. The molecule has 2 aromatic carbocycles. The van der Waals surface area contributed by atoms with E-state index in [9.17, 15) is 17.6 Å². The molecule has 4 rings (SSSR count). The van der Waals surface area contributed by atoms with E-state index in [-0.39, 0.29) is 37.0 Å². The molecule has 0 unspecified atom stereocenters. The monoisotopic (exact) mass is 465 g/mol. The number of benzene rings is 2. The molecule has 0 spiro atoms. The lowest BCUT2D eigenvalue weighted by atomic mass is 10.2. The second kappa shape index (κ2) is 8.43. The molecule has 0 atom stereocenters. The van der Waals surface area contributed by atoms with Crippen molar-refractivity contribution in [2.45, 2.75) is 4.90 Å². The Balaban J connectivity index is 1.43. The largest absolute Gasteiger partial charge is 0.335 e. The highest BCUT2D eigenvalue weighted by molar-refractivity contribution is 7.89. The van der Waals surface area contributed by atoms with Crippen molar-refractivity contribution in [3.05, 3.63) is 70.4 Å². The Morgan fingerprint density at radius 2 is 1.77 bits per heavy atom. The molecule has 0 N–H and O–H groups in total. The van der Waals surface area contributed by atoms with E-state index in [2.05, 4.69) is 4.98 Å². The van der Waals surface area contributed by atoms with E-state index in [1.54, 1.807) is 22.4 Å². The van der Waals surface area contributed by atoms with Gasteiger partial charge in [0.05, 0.1) is 4.90 Å². The van der Waals surface area contributed by atoms with Crippen LogP contribution in [0.2, 0.25) is 5.02 Å². The maximum atomic E-state index is 13.4. The van der Waals surface area contributed by atoms with E-state index in [4.69, 9.17) is 11.6 Å². The third-order valence-corrected chi connectivity index (χ3v) is 7.81. The van der Waals surface area contributed by atoms with Gasteiger partial charge in [-0.25, -0.2) is 17.8 Å². The van der Waals surface area contributed by atoms with Gasteiger partial charge in [0.15, 0.2) is 0 Å². The molecule has 3 aromatic rings. The topological polar surface area (TPSA) is 70.6 Å². The quantitative estimate of drug-likeness (QED) is 0.588. The number of nitrogens with zero attached hydrogens (tertiary/aromatic N) is 3. The van der Waals surface area contributed by atoms with Gasteiger partial charge in [-0.1, -0.05) is 29.8 Å². The number of carbonyl (C=O) groups is 1. The number of sulfonamides is 1. The van der Waals surface area contributed by atoms with Gasteiger partial charge in [-0.15, -0.1) is 11.3 Å². The van der Waals surface area contributed by atoms with Crippen molar-refractivity contribution in [3.8, 4) is 10.6 Å². The summed E-state index contributed by atoms with van der Waals surface area (Å²) in [6.07, 6.45) is 0. The average Bonchev–Trinajstić information content (AvgIpc) is 3.24. The van der Waals surface area contributed by atoms with E-state index in [0.29, 0.717) is 15.7 Å². The predicted molar refractivity (Wildman–Crippen MR) is 114 cm³/mol. The van der Waals surface area contributed by atoms with Crippen LogP contribution in [0.5, 0.6) is 0 Å². The normalized spacial score (nSPS) is 15.3. The Morgan fingerprint density at radius 3 is 2.43 bits per heavy atom. The van der Waals surface area contributed by atoms with Crippen molar-refractivity contribution in [1.29, 1.82) is 0 Å². The molecule has 6 nitrogen and oxygen atoms in total. The SMILES string of the molecule is O=C(c1csc(-c2ccc(Cl)cc2)n1)N1CCN(S(=O)(=O)c2cccc(F)c2)CC1. The number of rotatable bonds is 4. The fourth-order valence-electron chi connectivity index (χ4n) is 3.17. The van der Waals surface area contributed by atoms with Gasteiger partial charge in [0.1, 0.15) is 16.5 Å². The third kappa shape index (κ3) is 4.24. The van der Waals surface area contributed by atoms with Crippen LogP contribution in [0.1, 0.15) is 10.5 Å². The number of carbonyl (C=O) groups excluding carboxylic acids is 1. The van der Waals surface area contributed by atoms with Gasteiger partial charge < -0.3 is 4.90 Å². The fourth-order valence-corrected chi connectivity index (χ4v) is 5.55. The second-order valence-electron chi connectivity index (χ2n) is 6.70. The van der Waals surface area contributed by atoms with Crippen LogP contribution in [-0.2, 0) is 10.0 Å². The van der Waals surface area contributed by atoms with Gasteiger partial charge in [0.25, 0.3) is 5.91 Å². The molecule has 10 heteroatoms. The van der Waals surface area contributed by atoms with Crippen LogP contribution in [0.25, 0.3) is 10.6 Å². The summed E-state index contributed by atoms with van der Waals surface area (Å²) in [5.74, 6) is -0.848. The van der Waals surface area contributed by atoms with Gasteiger partial charge >= 0.3 is 0 Å². The summed E-state index contributed by atoms with van der Waals surface area (Å²) >= 11 is 7.26. The number of hydrogen-bond donors (Lipinski definition) is 0. The van der Waals surface area contributed by atoms with Gasteiger partial charge in [-0.3, -0.25) is 4.79 Å². The molecule has 0 radical (unpaired) electrons. The summed E-state index contributed by atoms with van der Waals surface area (Å²) in [4.78, 5) is 18.7. The molecule has 1 aliphatic rings. The van der Waals surface area contributed by atoms with Crippen molar-refractivity contribution in [2.75, 3.05) is 26.2 Å². The first kappa shape index (κ1) is 20.9. The molecular weight excluding hydrogens is 449 g/mol. The number of amides is 1. The fraction of sp³-hybridized carbons (Fsp3) is 0.200. The van der Waals surface area contributed by atoms with Crippen molar-refractivity contribution in [1.82, 2.24) is 14.2 Å². The molecule has 2 heterocycles. The van der Waals surface area contributed by atoms with Gasteiger partial charge in [0, 0.05) is 42.1 Å². The molecule has 0 saturated carbocycles. The van der Waals surface area contributed by atoms with Crippen molar-refractivity contribution in [3.63, 3.8) is 0 Å². The first-order valence-electron chi connectivity index (χ1n) is 9.11. The van der Waals surface area contributed by atoms with E-state index >= 15 is 0 Å². The Kier molecular flexibility index (Phi) is 5.88. The number of aromatic nitrogens is 1. The first-order chi connectivity index (χ1) is 14.3. The van der Waals surface area contributed by atoms with Crippen LogP contribution >= 0.6 is 22.9 Å². The third-order valence-electron chi connectivity index (χ3n) is 4.77. The molecule has 0 bridgehead atoms. The highest BCUT2D eigenvalue weighted by atomic mass is 35.5. The summed E-state index contributed by atoms with van der Waals surface area (Å²) in [5, 5.41) is 3.03. The van der Waals surface area contributed by atoms with Crippen LogP contribution in [0, 0.1) is 5.82 Å². The minimum Gasteiger partial charge on any atom is -0.335 e. The Hall–Kier alpha value is -2.33. The summed E-state index contributed by atoms with van der Waals surface area (Å²) < 4.78 is 40.1. The maximum Gasteiger partial charge on any atom is 0.273 e. The minimum atomic E-state index is -3.80. The minimum absolute atomic E-state index is 0.0885. The van der Waals surface area contributed by atoms with Crippen LogP contribution in [-0.4, -0.2) is 54.7 Å². The Morgan fingerprint density at radius 1 is 1.07 bits per heavy atom. The van der Waals surface area contributed by atoms with Crippen molar-refractivity contribution < 1.29 is 17.6 Å². The molecule has 156 valence electrons. The summed E-state index contributed by atoms with van der Waals surface area (Å²) in [6.45, 7) is 0.750. The zero-order valence-corrected chi connectivity index (χ0v) is 18.1. The highest BCUT2D eigenvalue weighted by Crippen LogP contribution is 2.26. The highest BCUT2D eigenvalue weighted by Gasteiger charge is 2.31. The van der Waals surface area contributed by atoms with Crippen LogP contribution < -0.4 is 0 Å². The molecule has 1 fully saturated rings. The van der Waals surface area contributed by atoms with Crippen molar-refractivity contribution in [2.24, 2.45) is 0 Å². The molecule has 1 amide bonds. The number of hydrogen-bond acceptors (Lipinski definition) is 5. The van der Waals surface area contributed by atoms with E-state index in [1.165, 1.54) is 33.8 Å². The first-order valence-corrected chi connectivity index (χ1v) is 11.8. The van der Waals surface area contributed by atoms with Gasteiger partial charge in [0.2, 0.25) is 10.0 Å². The molecule has 1 aromatic heterocycles. The predicted octanol–water partition coefficient (Wildman–Crippen LogP) is 3.75. The molecule has 0 aliphatic carbocycles. The van der Waals surface area contributed by atoms with E-state index < -0.39 is 15.8 Å². The zero-order valence-electron chi connectivity index (χ0n) is 15.7. The number of thiazole rings is 1. The number of piperazine rings is 1. The second-order valence-corrected chi connectivity index (χ2v) is 9.93. The van der Waals surface area contributed by atoms with Crippen molar-refractivity contribution >= 4 is 38.9 Å². The van der Waals surface area contributed by atoms with Crippen LogP contribution in [0.15, 0.2) is 58.8 Å². The lowest BCUT2D eigenvalue weighted by Crippen LogP contribution is -2.50. The summed E-state index contributed by atoms with van der Waals surface area (Å²) in [6, 6.07) is 12.1. The summed E-state index contributed by atoms with van der Waals surface area (Å²) in [7, 11) is -3.80. The Labute approximate surface area is 182 Å². The smallest absolute Gasteiger partial charge is 0.273 e. The van der Waals surface area contributed by atoms with Crippen LogP contribution in [0.4, 0.5) is 4.39 Å². The van der Waals surface area contributed by atoms with Gasteiger partial charge in [-0.05, 0) is 30.3 Å². The molecule has 30 heavy (non-hydrogen) atoms. The van der Waals surface area contributed by atoms with Crippen LogP contribution in [0.3, 0.4) is 0 Å². The summed E-state index contributed by atoms with van der Waals surface area (Å²) in [5.41, 5.74) is 1.20. The molecular formula is C20H17ClFN3O3S2. The van der Waals surface area contributed by atoms with E-state index in [1.807, 2.05) is 12.1 Å². The molecule has 1 saturated heterocycles. The molecule has 1 aliphatic heterocycles. The lowest BCUT2D eigenvalue weighted by molar-refractivity contribution is 0.0693. The van der Waals surface area contributed by atoms with Gasteiger partial charge in [-0.2, -0.15) is 4.31 Å². The number of halogens is 2. The van der Waals surface area contributed by atoms with E-state index in [0.717, 1.165) is 11.6 Å². The maximum absolute atomic E-state index is 13.4. The standard InChI is InChI=1S/C20H17ClFN3O3S2/c21-15-6-4-14(5-7-15)19-23-18(13-29-19)20(26)24-8-10-25(11-9-24)30(27,28)17-3-1-2-16(22)12-17/h1-7,12-13H,8-11H2. The lowest BCUT2D eigenvalue weighted by Gasteiger charge is -2.33. The average molecular weight is 466 g/mol.